The highest BCUT2D eigenvalue weighted by molar-refractivity contribution is 5.88. The molecular formula is C11H16O2. The van der Waals surface area contributed by atoms with Crippen molar-refractivity contribution >= 4 is 5.97 Å². The van der Waals surface area contributed by atoms with E-state index in [1.165, 1.54) is 0 Å². The van der Waals surface area contributed by atoms with Gasteiger partial charge in [0.2, 0.25) is 0 Å². The van der Waals surface area contributed by atoms with Crippen molar-refractivity contribution in [3.8, 4) is 0 Å². The molecule has 0 saturated heterocycles. The lowest BCUT2D eigenvalue weighted by molar-refractivity contribution is -0.133. The van der Waals surface area contributed by atoms with E-state index in [2.05, 4.69) is 20.8 Å². The van der Waals surface area contributed by atoms with Crippen LogP contribution >= 0.6 is 0 Å². The van der Waals surface area contributed by atoms with Crippen molar-refractivity contribution in [3.05, 3.63) is 11.6 Å². The highest BCUT2D eigenvalue weighted by atomic mass is 16.4. The Kier molecular flexibility index (Phi) is 1.47. The van der Waals surface area contributed by atoms with Crippen LogP contribution in [0.3, 0.4) is 0 Å². The Morgan fingerprint density at radius 1 is 1.54 bits per heavy atom. The smallest absolute Gasteiger partial charge is 0.331 e. The van der Waals surface area contributed by atoms with Gasteiger partial charge in [-0.05, 0) is 29.6 Å². The van der Waals surface area contributed by atoms with Gasteiger partial charge in [-0.2, -0.15) is 0 Å². The zero-order valence-electron chi connectivity index (χ0n) is 8.42. The summed E-state index contributed by atoms with van der Waals surface area (Å²) in [6.07, 6.45) is 4.17. The standard InChI is InChI=1S/C11H16O2/c1-10(2)8-4-5-11(10,3)6-7(8)9(12)13/h6,8H,4-5H2,1-3H3,(H,12,13)/t8-,11+/m0/s1. The summed E-state index contributed by atoms with van der Waals surface area (Å²) in [5.41, 5.74) is 0.908. The maximum Gasteiger partial charge on any atom is 0.331 e. The Bertz CT molecular complexity index is 301. The Labute approximate surface area is 78.6 Å². The van der Waals surface area contributed by atoms with E-state index in [0.29, 0.717) is 5.57 Å². The minimum Gasteiger partial charge on any atom is -0.478 e. The molecule has 0 aromatic carbocycles. The second-order valence-corrected chi connectivity index (χ2v) is 5.14. The van der Waals surface area contributed by atoms with Crippen LogP contribution in [0.4, 0.5) is 0 Å². The van der Waals surface area contributed by atoms with E-state index in [1.54, 1.807) is 0 Å². The molecule has 2 aliphatic rings. The molecule has 0 unspecified atom stereocenters. The second-order valence-electron chi connectivity index (χ2n) is 5.14. The van der Waals surface area contributed by atoms with Crippen molar-refractivity contribution in [2.75, 3.05) is 0 Å². The van der Waals surface area contributed by atoms with E-state index in [-0.39, 0.29) is 16.7 Å². The molecule has 2 atom stereocenters. The molecule has 1 N–H and O–H groups in total. The lowest BCUT2D eigenvalue weighted by Gasteiger charge is -2.33. The van der Waals surface area contributed by atoms with Gasteiger partial charge in [-0.3, -0.25) is 0 Å². The SMILES string of the molecule is CC1(C)[C@H]2CC[C@]1(C)C=C2C(=O)O. The summed E-state index contributed by atoms with van der Waals surface area (Å²) in [6.45, 7) is 6.57. The van der Waals surface area contributed by atoms with Gasteiger partial charge in [0.1, 0.15) is 0 Å². The van der Waals surface area contributed by atoms with Crippen molar-refractivity contribution < 1.29 is 9.90 Å². The van der Waals surface area contributed by atoms with Gasteiger partial charge in [0.05, 0.1) is 0 Å². The van der Waals surface area contributed by atoms with Crippen molar-refractivity contribution in [1.29, 1.82) is 0 Å². The number of fused-ring (bicyclic) bond motifs is 2. The molecule has 72 valence electrons. The highest BCUT2D eigenvalue weighted by Gasteiger charge is 2.57. The van der Waals surface area contributed by atoms with E-state index < -0.39 is 5.97 Å². The Balaban J connectivity index is 2.46. The summed E-state index contributed by atoms with van der Waals surface area (Å²) in [6, 6.07) is 0. The van der Waals surface area contributed by atoms with Crippen LogP contribution in [0.25, 0.3) is 0 Å². The molecule has 2 heteroatoms. The van der Waals surface area contributed by atoms with Crippen molar-refractivity contribution in [2.45, 2.75) is 33.6 Å². The fraction of sp³-hybridized carbons (Fsp3) is 0.727. The summed E-state index contributed by atoms with van der Waals surface area (Å²) >= 11 is 0. The fourth-order valence-electron chi connectivity index (χ4n) is 2.98. The van der Waals surface area contributed by atoms with Crippen LogP contribution in [-0.4, -0.2) is 11.1 Å². The predicted molar refractivity (Wildman–Crippen MR) is 50.3 cm³/mol. The first kappa shape index (κ1) is 8.79. The first-order valence-corrected chi connectivity index (χ1v) is 4.84. The molecule has 1 fully saturated rings. The molecule has 0 spiro atoms. The van der Waals surface area contributed by atoms with Gasteiger partial charge in [-0.1, -0.05) is 26.8 Å². The van der Waals surface area contributed by atoms with Crippen molar-refractivity contribution in [1.82, 2.24) is 0 Å². The summed E-state index contributed by atoms with van der Waals surface area (Å²) in [7, 11) is 0. The number of carboxylic acid groups (broad SMARTS) is 1. The second kappa shape index (κ2) is 2.17. The molecule has 2 rings (SSSR count). The summed E-state index contributed by atoms with van der Waals surface area (Å²) in [5.74, 6) is -0.448. The van der Waals surface area contributed by atoms with Crippen LogP contribution in [0, 0.1) is 16.7 Å². The van der Waals surface area contributed by atoms with Crippen LogP contribution in [0.5, 0.6) is 0 Å². The van der Waals surface area contributed by atoms with Gasteiger partial charge >= 0.3 is 5.97 Å². The summed E-state index contributed by atoms with van der Waals surface area (Å²) < 4.78 is 0. The molecule has 1 saturated carbocycles. The van der Waals surface area contributed by atoms with Gasteiger partial charge in [0.15, 0.2) is 0 Å². The maximum atomic E-state index is 11.0. The predicted octanol–water partition coefficient (Wildman–Crippen LogP) is 2.45. The average Bonchev–Trinajstić information content (AvgIpc) is 2.34. The normalized spacial score (nSPS) is 40.5. The number of carbonyl (C=O) groups is 1. The van der Waals surface area contributed by atoms with Crippen molar-refractivity contribution in [3.63, 3.8) is 0 Å². The van der Waals surface area contributed by atoms with Crippen LogP contribution in [-0.2, 0) is 4.79 Å². The number of carboxylic acids is 1. The third-order valence-corrected chi connectivity index (χ3v) is 4.39. The van der Waals surface area contributed by atoms with Crippen LogP contribution < -0.4 is 0 Å². The highest BCUT2D eigenvalue weighted by Crippen LogP contribution is 2.64. The first-order chi connectivity index (χ1) is 5.88. The molecule has 0 aromatic heterocycles. The van der Waals surface area contributed by atoms with E-state index >= 15 is 0 Å². The van der Waals surface area contributed by atoms with E-state index in [0.717, 1.165) is 12.8 Å². The molecule has 0 aliphatic heterocycles. The zero-order chi connectivity index (χ0) is 9.85. The minimum absolute atomic E-state index is 0.116. The third kappa shape index (κ3) is 0.862. The molecule has 0 heterocycles. The number of hydrogen-bond acceptors (Lipinski definition) is 1. The van der Waals surface area contributed by atoms with Gasteiger partial charge in [0, 0.05) is 5.57 Å². The zero-order valence-corrected chi connectivity index (χ0v) is 8.42. The first-order valence-electron chi connectivity index (χ1n) is 4.84. The third-order valence-electron chi connectivity index (χ3n) is 4.39. The molecule has 13 heavy (non-hydrogen) atoms. The number of rotatable bonds is 1. The monoisotopic (exact) mass is 180 g/mol. The number of allylic oxidation sites excluding steroid dienone is 1. The number of hydrogen-bond donors (Lipinski definition) is 1. The van der Waals surface area contributed by atoms with Crippen LogP contribution in [0.1, 0.15) is 33.6 Å². The molecule has 2 aliphatic carbocycles. The maximum absolute atomic E-state index is 11.0. The van der Waals surface area contributed by atoms with Gasteiger partial charge in [-0.15, -0.1) is 0 Å². The minimum atomic E-state index is -0.721. The topological polar surface area (TPSA) is 37.3 Å². The van der Waals surface area contributed by atoms with E-state index in [9.17, 15) is 4.79 Å². The van der Waals surface area contributed by atoms with Gasteiger partial charge in [-0.25, -0.2) is 4.79 Å². The Morgan fingerprint density at radius 3 is 2.38 bits per heavy atom. The van der Waals surface area contributed by atoms with E-state index in [1.807, 2.05) is 6.08 Å². The molecule has 0 aromatic rings. The average molecular weight is 180 g/mol. The van der Waals surface area contributed by atoms with Gasteiger partial charge in [0.25, 0.3) is 0 Å². The van der Waals surface area contributed by atoms with Crippen LogP contribution in [0.15, 0.2) is 11.6 Å². The fourth-order valence-corrected chi connectivity index (χ4v) is 2.98. The van der Waals surface area contributed by atoms with Crippen LogP contribution in [0.2, 0.25) is 0 Å². The molecule has 0 radical (unpaired) electrons. The summed E-state index contributed by atoms with van der Waals surface area (Å²) in [5, 5.41) is 9.01. The Hall–Kier alpha value is -0.790. The lowest BCUT2D eigenvalue weighted by atomic mass is 9.70. The summed E-state index contributed by atoms with van der Waals surface area (Å²) in [4.78, 5) is 11.0. The Morgan fingerprint density at radius 2 is 2.15 bits per heavy atom. The number of aliphatic carboxylic acids is 1. The quantitative estimate of drug-likeness (QED) is 0.673. The lowest BCUT2D eigenvalue weighted by Crippen LogP contribution is -2.27. The van der Waals surface area contributed by atoms with E-state index in [4.69, 9.17) is 5.11 Å². The molecule has 0 amide bonds. The molecular weight excluding hydrogens is 164 g/mol. The largest absolute Gasteiger partial charge is 0.478 e. The van der Waals surface area contributed by atoms with Crippen molar-refractivity contribution in [2.24, 2.45) is 16.7 Å². The molecule has 2 bridgehead atoms. The molecule has 2 nitrogen and oxygen atoms in total. The van der Waals surface area contributed by atoms with Gasteiger partial charge < -0.3 is 5.11 Å².